The quantitative estimate of drug-likeness (QED) is 0.465. The Hall–Kier alpha value is -3.26. The molecular formula is C29H37N3O5. The highest BCUT2D eigenvalue weighted by Gasteiger charge is 2.43. The molecule has 8 heteroatoms. The maximum atomic E-state index is 13.7. The largest absolute Gasteiger partial charge is 0.391 e. The van der Waals surface area contributed by atoms with Crippen molar-refractivity contribution in [2.24, 2.45) is 5.92 Å². The van der Waals surface area contributed by atoms with Crippen LogP contribution in [0.15, 0.2) is 45.6 Å². The molecule has 3 atom stereocenters. The van der Waals surface area contributed by atoms with Crippen LogP contribution in [0.5, 0.6) is 0 Å². The topological polar surface area (TPSA) is 110 Å². The molecule has 8 nitrogen and oxygen atoms in total. The van der Waals surface area contributed by atoms with Gasteiger partial charge in [0, 0.05) is 36.4 Å². The van der Waals surface area contributed by atoms with Gasteiger partial charge in [0.25, 0.3) is 0 Å². The van der Waals surface area contributed by atoms with Gasteiger partial charge in [0.05, 0.1) is 23.5 Å². The summed E-state index contributed by atoms with van der Waals surface area (Å²) in [6.07, 6.45) is 2.00. The molecule has 4 rings (SSSR count). The molecule has 1 amide bonds. The van der Waals surface area contributed by atoms with E-state index in [1.807, 2.05) is 71.9 Å². The lowest BCUT2D eigenvalue weighted by molar-refractivity contribution is -0.140. The molecule has 1 saturated heterocycles. The average molecular weight is 508 g/mol. The lowest BCUT2D eigenvalue weighted by Gasteiger charge is -2.28. The van der Waals surface area contributed by atoms with E-state index in [0.29, 0.717) is 12.2 Å². The van der Waals surface area contributed by atoms with Crippen LogP contribution in [-0.4, -0.2) is 50.7 Å². The maximum absolute atomic E-state index is 13.7. The third kappa shape index (κ3) is 5.85. The van der Waals surface area contributed by atoms with Crippen LogP contribution < -0.4 is 0 Å². The summed E-state index contributed by atoms with van der Waals surface area (Å²) in [5, 5.41) is 18.5. The Morgan fingerprint density at radius 3 is 2.43 bits per heavy atom. The first kappa shape index (κ1) is 26.8. The van der Waals surface area contributed by atoms with Gasteiger partial charge in [0.15, 0.2) is 5.78 Å². The summed E-state index contributed by atoms with van der Waals surface area (Å²) in [5.41, 5.74) is 4.37. The first-order chi connectivity index (χ1) is 17.5. The molecule has 1 fully saturated rings. The fourth-order valence-electron chi connectivity index (χ4n) is 4.92. The molecular weight excluding hydrogens is 470 g/mol. The molecule has 1 aliphatic heterocycles. The number of nitrogens with zero attached hydrogens (tertiary/aromatic N) is 3. The molecule has 0 saturated carbocycles. The van der Waals surface area contributed by atoms with Gasteiger partial charge in [-0.15, -0.1) is 0 Å². The standard InChI is InChI=1S/C29H37N3O5/c1-17(2)27(25-14-26(31-37-25)29(4,5)6)28(35)32-15-21(33)13-23(32)24(34)12-9-19-7-10-20(11-8-19)22-16-36-30-18(22)3/h7-8,10-11,14,16-17,21,23,27,33H,9,12-13,15H2,1-6H3. The Morgan fingerprint density at radius 1 is 1.16 bits per heavy atom. The van der Waals surface area contributed by atoms with Crippen molar-refractivity contribution in [2.75, 3.05) is 6.54 Å². The Morgan fingerprint density at radius 2 is 1.86 bits per heavy atom. The van der Waals surface area contributed by atoms with Crippen molar-refractivity contribution in [1.82, 2.24) is 15.2 Å². The number of aryl methyl sites for hydroxylation is 2. The van der Waals surface area contributed by atoms with E-state index in [-0.39, 0.29) is 42.4 Å². The lowest BCUT2D eigenvalue weighted by Crippen LogP contribution is -2.44. The van der Waals surface area contributed by atoms with Crippen molar-refractivity contribution in [3.05, 3.63) is 59.3 Å². The number of ketones is 1. The molecule has 1 aromatic carbocycles. The van der Waals surface area contributed by atoms with E-state index >= 15 is 0 Å². The van der Waals surface area contributed by atoms with Crippen molar-refractivity contribution in [1.29, 1.82) is 0 Å². The number of aliphatic hydroxyl groups is 1. The molecule has 0 bridgehead atoms. The zero-order chi connectivity index (χ0) is 26.9. The number of aromatic nitrogens is 2. The number of carbonyl (C=O) groups excluding carboxylic acids is 2. The van der Waals surface area contributed by atoms with Crippen LogP contribution in [-0.2, 0) is 21.4 Å². The van der Waals surface area contributed by atoms with Gasteiger partial charge < -0.3 is 19.1 Å². The fourth-order valence-corrected chi connectivity index (χ4v) is 4.92. The molecule has 0 radical (unpaired) electrons. The number of hydrogen-bond acceptors (Lipinski definition) is 7. The molecule has 3 unspecified atom stereocenters. The van der Waals surface area contributed by atoms with Crippen LogP contribution >= 0.6 is 0 Å². The number of amides is 1. The van der Waals surface area contributed by atoms with Crippen molar-refractivity contribution in [3.63, 3.8) is 0 Å². The van der Waals surface area contributed by atoms with Crippen LogP contribution in [0.4, 0.5) is 0 Å². The summed E-state index contributed by atoms with van der Waals surface area (Å²) in [5.74, 6) is -0.373. The summed E-state index contributed by atoms with van der Waals surface area (Å²) in [7, 11) is 0. The first-order valence-electron chi connectivity index (χ1n) is 12.9. The predicted octanol–water partition coefficient (Wildman–Crippen LogP) is 4.84. The summed E-state index contributed by atoms with van der Waals surface area (Å²) in [6.45, 7) is 12.1. The maximum Gasteiger partial charge on any atom is 0.234 e. The van der Waals surface area contributed by atoms with E-state index in [2.05, 4.69) is 10.3 Å². The van der Waals surface area contributed by atoms with E-state index in [1.165, 1.54) is 0 Å². The molecule has 37 heavy (non-hydrogen) atoms. The number of hydrogen-bond donors (Lipinski definition) is 1. The highest BCUT2D eigenvalue weighted by molar-refractivity contribution is 5.92. The third-order valence-corrected chi connectivity index (χ3v) is 7.14. The number of likely N-dealkylation sites (tertiary alicyclic amines) is 1. The SMILES string of the molecule is Cc1nocc1-c1ccc(CCC(=O)C2CC(O)CN2C(=O)C(c2cc(C(C)(C)C)no2)C(C)C)cc1. The predicted molar refractivity (Wildman–Crippen MR) is 139 cm³/mol. The van der Waals surface area contributed by atoms with Crippen molar-refractivity contribution in [3.8, 4) is 11.1 Å². The summed E-state index contributed by atoms with van der Waals surface area (Å²) >= 11 is 0. The summed E-state index contributed by atoms with van der Waals surface area (Å²) < 4.78 is 10.6. The Balaban J connectivity index is 1.45. The minimum absolute atomic E-state index is 0.0423. The highest BCUT2D eigenvalue weighted by atomic mass is 16.5. The normalized spacial score (nSPS) is 19.0. The zero-order valence-corrected chi connectivity index (χ0v) is 22.5. The fraction of sp³-hybridized carbons (Fsp3) is 0.517. The van der Waals surface area contributed by atoms with Gasteiger partial charge in [-0.05, 0) is 30.4 Å². The first-order valence-corrected chi connectivity index (χ1v) is 12.9. The number of aliphatic hydroxyl groups excluding tert-OH is 1. The summed E-state index contributed by atoms with van der Waals surface area (Å²) in [6, 6.07) is 9.17. The minimum Gasteiger partial charge on any atom is -0.391 e. The second-order valence-corrected chi connectivity index (χ2v) is 11.5. The van der Waals surface area contributed by atoms with Gasteiger partial charge in [-0.2, -0.15) is 0 Å². The van der Waals surface area contributed by atoms with Crippen LogP contribution in [0.3, 0.4) is 0 Å². The van der Waals surface area contributed by atoms with E-state index in [4.69, 9.17) is 9.05 Å². The molecule has 1 aliphatic rings. The Kier molecular flexibility index (Phi) is 7.69. The molecule has 0 spiro atoms. The van der Waals surface area contributed by atoms with Gasteiger partial charge in [0.1, 0.15) is 17.9 Å². The van der Waals surface area contributed by atoms with Crippen LogP contribution in [0.2, 0.25) is 0 Å². The van der Waals surface area contributed by atoms with Gasteiger partial charge in [0.2, 0.25) is 5.91 Å². The molecule has 198 valence electrons. The van der Waals surface area contributed by atoms with Gasteiger partial charge in [-0.1, -0.05) is 69.2 Å². The minimum atomic E-state index is -0.725. The van der Waals surface area contributed by atoms with E-state index in [1.54, 1.807) is 11.2 Å². The number of carbonyl (C=O) groups is 2. The smallest absolute Gasteiger partial charge is 0.234 e. The number of benzene rings is 1. The molecule has 2 aromatic heterocycles. The van der Waals surface area contributed by atoms with Crippen LogP contribution in [0.1, 0.15) is 76.1 Å². The molecule has 1 N–H and O–H groups in total. The lowest BCUT2D eigenvalue weighted by atomic mass is 9.88. The number of rotatable bonds is 8. The van der Waals surface area contributed by atoms with Crippen LogP contribution in [0, 0.1) is 12.8 Å². The van der Waals surface area contributed by atoms with E-state index in [9.17, 15) is 14.7 Å². The van der Waals surface area contributed by atoms with Gasteiger partial charge in [-0.25, -0.2) is 0 Å². The Labute approximate surface area is 218 Å². The highest BCUT2D eigenvalue weighted by Crippen LogP contribution is 2.33. The monoisotopic (exact) mass is 507 g/mol. The average Bonchev–Trinajstić information content (AvgIpc) is 3.57. The van der Waals surface area contributed by atoms with Gasteiger partial charge in [-0.3, -0.25) is 9.59 Å². The number of β-amino-alcohol motifs (C(OH)–C–C–N with tert-alkyl or cyclic N) is 1. The molecule has 3 heterocycles. The second-order valence-electron chi connectivity index (χ2n) is 11.5. The zero-order valence-electron chi connectivity index (χ0n) is 22.5. The van der Waals surface area contributed by atoms with E-state index in [0.717, 1.165) is 28.1 Å². The second kappa shape index (κ2) is 10.6. The van der Waals surface area contributed by atoms with Crippen molar-refractivity contribution >= 4 is 11.7 Å². The molecule has 3 aromatic rings. The number of Topliss-reactive ketones (excluding diaryl/α,β-unsaturated/α-hetero) is 1. The Bertz CT molecular complexity index is 1230. The van der Waals surface area contributed by atoms with Gasteiger partial charge >= 0.3 is 0 Å². The molecule has 0 aliphatic carbocycles. The van der Waals surface area contributed by atoms with Crippen molar-refractivity contribution < 1.29 is 23.7 Å². The van der Waals surface area contributed by atoms with Crippen molar-refractivity contribution in [2.45, 2.75) is 84.3 Å². The van der Waals surface area contributed by atoms with Crippen LogP contribution in [0.25, 0.3) is 11.1 Å². The third-order valence-electron chi connectivity index (χ3n) is 7.14. The summed E-state index contributed by atoms with van der Waals surface area (Å²) in [4.78, 5) is 28.6. The van der Waals surface area contributed by atoms with E-state index < -0.39 is 18.1 Å².